The maximum absolute atomic E-state index is 12.5. The molecule has 0 radical (unpaired) electrons. The van der Waals surface area contributed by atoms with Gasteiger partial charge in [0.2, 0.25) is 0 Å². The van der Waals surface area contributed by atoms with Crippen molar-refractivity contribution in [1.82, 2.24) is 0 Å². The number of nitrogens with one attached hydrogen (secondary N) is 2. The average molecular weight is 275 g/mol. The highest BCUT2D eigenvalue weighted by Gasteiger charge is 2.31. The first-order valence-corrected chi connectivity index (χ1v) is 5.25. The zero-order chi connectivity index (χ0) is 14.6. The number of nitrogen functional groups attached to an aromatic ring is 1. The summed E-state index contributed by atoms with van der Waals surface area (Å²) in [5.74, 6) is -0.585. The van der Waals surface area contributed by atoms with E-state index < -0.39 is 23.7 Å². The summed E-state index contributed by atoms with van der Waals surface area (Å²) < 4.78 is 42.2. The van der Waals surface area contributed by atoms with Crippen LogP contribution in [0.3, 0.4) is 0 Å². The van der Waals surface area contributed by atoms with E-state index in [1.807, 2.05) is 0 Å². The third kappa shape index (κ3) is 3.87. The highest BCUT2D eigenvalue weighted by molar-refractivity contribution is 6.03. The van der Waals surface area contributed by atoms with Crippen LogP contribution in [-0.4, -0.2) is 18.5 Å². The highest BCUT2D eigenvalue weighted by atomic mass is 19.4. The molecule has 0 aromatic heterocycles. The lowest BCUT2D eigenvalue weighted by Crippen LogP contribution is -2.20. The predicted molar refractivity (Wildman–Crippen MR) is 63.1 cm³/mol. The number of amidine groups is 1. The first-order chi connectivity index (χ1) is 8.75. The van der Waals surface area contributed by atoms with Crippen LogP contribution >= 0.6 is 0 Å². The van der Waals surface area contributed by atoms with E-state index in [4.69, 9.17) is 11.1 Å². The Morgan fingerprint density at radius 1 is 1.47 bits per heavy atom. The number of nitrogens with two attached hydrogens (primary N) is 1. The van der Waals surface area contributed by atoms with Crippen molar-refractivity contribution in [2.45, 2.75) is 13.1 Å². The van der Waals surface area contributed by atoms with Gasteiger partial charge in [-0.1, -0.05) is 0 Å². The number of anilines is 1. The standard InChI is InChI=1S/C11H12F3N3O2/c1-2-19-10(18)17-8-4-3-6(11(12,13)14)5-7(8)9(15)16/h3-5H,2H2,1H3,(H3,15,16)(H,17,18). The Morgan fingerprint density at radius 3 is 2.58 bits per heavy atom. The quantitative estimate of drug-likeness (QED) is 0.585. The van der Waals surface area contributed by atoms with Crippen LogP contribution in [0.15, 0.2) is 18.2 Å². The molecule has 0 spiro atoms. The largest absolute Gasteiger partial charge is 0.450 e. The third-order valence-corrected chi connectivity index (χ3v) is 2.15. The van der Waals surface area contributed by atoms with Gasteiger partial charge in [-0.2, -0.15) is 13.2 Å². The van der Waals surface area contributed by atoms with Crippen LogP contribution in [0.4, 0.5) is 23.7 Å². The molecule has 0 aliphatic rings. The Labute approximate surface area is 107 Å². The number of hydrogen-bond acceptors (Lipinski definition) is 3. The molecule has 0 bridgehead atoms. The normalized spacial score (nSPS) is 10.9. The molecule has 0 unspecified atom stereocenters. The summed E-state index contributed by atoms with van der Waals surface area (Å²) in [5, 5.41) is 9.46. The lowest BCUT2D eigenvalue weighted by atomic mass is 10.1. The number of ether oxygens (including phenoxy) is 1. The average Bonchev–Trinajstić information content (AvgIpc) is 2.27. The molecule has 0 saturated carbocycles. The Morgan fingerprint density at radius 2 is 2.11 bits per heavy atom. The minimum Gasteiger partial charge on any atom is -0.450 e. The van der Waals surface area contributed by atoms with Gasteiger partial charge in [-0.15, -0.1) is 0 Å². The molecule has 1 aromatic carbocycles. The van der Waals surface area contributed by atoms with Crippen molar-refractivity contribution >= 4 is 17.6 Å². The van der Waals surface area contributed by atoms with Crippen molar-refractivity contribution in [3.8, 4) is 0 Å². The van der Waals surface area contributed by atoms with Gasteiger partial charge in [0.05, 0.1) is 17.9 Å². The van der Waals surface area contributed by atoms with E-state index in [0.717, 1.165) is 12.1 Å². The molecule has 5 nitrogen and oxygen atoms in total. The van der Waals surface area contributed by atoms with Gasteiger partial charge in [-0.25, -0.2) is 4.79 Å². The zero-order valence-electron chi connectivity index (χ0n) is 9.97. The van der Waals surface area contributed by atoms with E-state index in [-0.39, 0.29) is 17.9 Å². The minimum atomic E-state index is -4.55. The van der Waals surface area contributed by atoms with E-state index in [9.17, 15) is 18.0 Å². The fraction of sp³-hybridized carbons (Fsp3) is 0.273. The third-order valence-electron chi connectivity index (χ3n) is 2.15. The Kier molecular flexibility index (Phi) is 4.36. The highest BCUT2D eigenvalue weighted by Crippen LogP contribution is 2.31. The second kappa shape index (κ2) is 5.59. The maximum Gasteiger partial charge on any atom is 0.416 e. The summed E-state index contributed by atoms with van der Waals surface area (Å²) in [6.07, 6.45) is -5.38. The van der Waals surface area contributed by atoms with E-state index in [1.165, 1.54) is 0 Å². The van der Waals surface area contributed by atoms with Crippen LogP contribution in [0.5, 0.6) is 0 Å². The minimum absolute atomic E-state index is 0.0149. The van der Waals surface area contributed by atoms with Crippen LogP contribution in [0.1, 0.15) is 18.1 Å². The number of carbonyl (C=O) groups excluding carboxylic acids is 1. The molecular formula is C11H12F3N3O2. The topological polar surface area (TPSA) is 88.2 Å². The van der Waals surface area contributed by atoms with Crippen molar-refractivity contribution in [2.24, 2.45) is 5.73 Å². The summed E-state index contributed by atoms with van der Waals surface area (Å²) in [6.45, 7) is 1.69. The molecule has 0 saturated heterocycles. The van der Waals surface area contributed by atoms with E-state index >= 15 is 0 Å². The molecule has 0 aliphatic carbocycles. The number of carbonyl (C=O) groups is 1. The first-order valence-electron chi connectivity index (χ1n) is 5.25. The van der Waals surface area contributed by atoms with Crippen LogP contribution in [0.25, 0.3) is 0 Å². The van der Waals surface area contributed by atoms with Gasteiger partial charge in [0.1, 0.15) is 5.84 Å². The fourth-order valence-electron chi connectivity index (χ4n) is 1.33. The molecule has 0 aliphatic heterocycles. The Balaban J connectivity index is 3.12. The van der Waals surface area contributed by atoms with E-state index in [2.05, 4.69) is 10.1 Å². The fourth-order valence-corrected chi connectivity index (χ4v) is 1.33. The number of alkyl halides is 3. The van der Waals surface area contributed by atoms with Gasteiger partial charge >= 0.3 is 12.3 Å². The van der Waals surface area contributed by atoms with Gasteiger partial charge in [-0.05, 0) is 25.1 Å². The summed E-state index contributed by atoms with van der Waals surface area (Å²) >= 11 is 0. The molecule has 4 N–H and O–H groups in total. The summed E-state index contributed by atoms with van der Waals surface area (Å²) in [4.78, 5) is 11.2. The molecule has 8 heteroatoms. The summed E-state index contributed by atoms with van der Waals surface area (Å²) in [6, 6.07) is 2.51. The lowest BCUT2D eigenvalue weighted by Gasteiger charge is -2.13. The van der Waals surface area contributed by atoms with Crippen LogP contribution in [0.2, 0.25) is 0 Å². The van der Waals surface area contributed by atoms with E-state index in [1.54, 1.807) is 6.92 Å². The van der Waals surface area contributed by atoms with Crippen molar-refractivity contribution < 1.29 is 22.7 Å². The Hall–Kier alpha value is -2.25. The number of rotatable bonds is 3. The summed E-state index contributed by atoms with van der Waals surface area (Å²) in [5.41, 5.74) is 4.01. The molecule has 0 atom stereocenters. The second-order valence-electron chi connectivity index (χ2n) is 3.52. The molecule has 19 heavy (non-hydrogen) atoms. The van der Waals surface area contributed by atoms with Gasteiger partial charge < -0.3 is 10.5 Å². The number of benzene rings is 1. The van der Waals surface area contributed by atoms with Gasteiger partial charge in [-0.3, -0.25) is 10.7 Å². The van der Waals surface area contributed by atoms with Crippen molar-refractivity contribution in [3.05, 3.63) is 29.3 Å². The lowest BCUT2D eigenvalue weighted by molar-refractivity contribution is -0.137. The van der Waals surface area contributed by atoms with Crippen molar-refractivity contribution in [2.75, 3.05) is 11.9 Å². The number of halogens is 3. The Bertz CT molecular complexity index is 500. The molecule has 1 rings (SSSR count). The van der Waals surface area contributed by atoms with Crippen molar-refractivity contribution in [3.63, 3.8) is 0 Å². The van der Waals surface area contributed by atoms with E-state index in [0.29, 0.717) is 6.07 Å². The maximum atomic E-state index is 12.5. The van der Waals surface area contributed by atoms with Crippen LogP contribution in [-0.2, 0) is 10.9 Å². The molecule has 0 heterocycles. The predicted octanol–water partition coefficient (Wildman–Crippen LogP) is 2.56. The molecule has 1 aromatic rings. The van der Waals surface area contributed by atoms with Crippen LogP contribution < -0.4 is 11.1 Å². The zero-order valence-corrected chi connectivity index (χ0v) is 9.97. The number of amides is 1. The van der Waals surface area contributed by atoms with Gasteiger partial charge in [0.15, 0.2) is 0 Å². The van der Waals surface area contributed by atoms with Crippen molar-refractivity contribution in [1.29, 1.82) is 5.41 Å². The van der Waals surface area contributed by atoms with Gasteiger partial charge in [0, 0.05) is 5.56 Å². The molecular weight excluding hydrogens is 263 g/mol. The number of hydrogen-bond donors (Lipinski definition) is 3. The smallest absolute Gasteiger partial charge is 0.416 e. The monoisotopic (exact) mass is 275 g/mol. The SMILES string of the molecule is CCOC(=O)Nc1ccc(C(F)(F)F)cc1C(=N)N. The van der Waals surface area contributed by atoms with Crippen LogP contribution in [0, 0.1) is 5.41 Å². The molecule has 0 fully saturated rings. The molecule has 104 valence electrons. The molecule has 1 amide bonds. The first kappa shape index (κ1) is 14.8. The second-order valence-corrected chi connectivity index (χ2v) is 3.52. The summed E-state index contributed by atoms with van der Waals surface area (Å²) in [7, 11) is 0. The van der Waals surface area contributed by atoms with Gasteiger partial charge in [0.25, 0.3) is 0 Å².